The fraction of sp³-hybridized carbons (Fsp3) is 0.250. The average Bonchev–Trinajstić information content (AvgIpc) is 3.09. The highest BCUT2D eigenvalue weighted by Crippen LogP contribution is 2.25. The van der Waals surface area contributed by atoms with Crippen molar-refractivity contribution in [3.8, 4) is 0 Å². The third-order valence-corrected chi connectivity index (χ3v) is 4.97. The molecule has 0 radical (unpaired) electrons. The van der Waals surface area contributed by atoms with Crippen molar-refractivity contribution in [1.29, 1.82) is 0 Å². The predicted molar refractivity (Wildman–Crippen MR) is 103 cm³/mol. The molecule has 1 heterocycles. The van der Waals surface area contributed by atoms with Crippen LogP contribution < -0.4 is 5.32 Å². The second-order valence-electron chi connectivity index (χ2n) is 6.24. The van der Waals surface area contributed by atoms with Gasteiger partial charge in [-0.2, -0.15) is 0 Å². The van der Waals surface area contributed by atoms with E-state index in [-0.39, 0.29) is 11.8 Å². The van der Waals surface area contributed by atoms with Crippen molar-refractivity contribution in [3.05, 3.63) is 71.9 Å². The van der Waals surface area contributed by atoms with E-state index in [1.807, 2.05) is 18.2 Å². The summed E-state index contributed by atoms with van der Waals surface area (Å²) in [6, 6.07) is 15.9. The van der Waals surface area contributed by atoms with Crippen molar-refractivity contribution in [3.63, 3.8) is 0 Å². The number of anilines is 1. The van der Waals surface area contributed by atoms with E-state index >= 15 is 0 Å². The number of thioether (sulfide) groups is 1. The standard InChI is InChI=1S/C20H20FN3O2S/c1-13(15-7-4-3-5-8-15)11-18-23-24-20(26-18)27-14(2)19(25)22-17-10-6-9-16(21)12-17/h3-10,12-14H,11H2,1-2H3,(H,22,25). The van der Waals surface area contributed by atoms with Gasteiger partial charge in [-0.05, 0) is 36.6 Å². The molecule has 3 rings (SSSR count). The molecule has 140 valence electrons. The van der Waals surface area contributed by atoms with Crippen LogP contribution in [0.1, 0.15) is 31.2 Å². The first-order valence-corrected chi connectivity index (χ1v) is 9.49. The Labute approximate surface area is 161 Å². The highest BCUT2D eigenvalue weighted by atomic mass is 32.2. The van der Waals surface area contributed by atoms with Gasteiger partial charge in [0.1, 0.15) is 5.82 Å². The summed E-state index contributed by atoms with van der Waals surface area (Å²) in [6.45, 7) is 3.83. The third kappa shape index (κ3) is 5.40. The molecule has 0 aliphatic heterocycles. The smallest absolute Gasteiger partial charge is 0.277 e. The molecule has 2 aromatic carbocycles. The largest absolute Gasteiger partial charge is 0.416 e. The van der Waals surface area contributed by atoms with Crippen LogP contribution in [-0.2, 0) is 11.2 Å². The first-order valence-electron chi connectivity index (χ1n) is 8.61. The molecule has 0 spiro atoms. The Kier molecular flexibility index (Phi) is 6.24. The van der Waals surface area contributed by atoms with Crippen molar-refractivity contribution >= 4 is 23.4 Å². The lowest BCUT2D eigenvalue weighted by atomic mass is 9.98. The molecule has 0 bridgehead atoms. The van der Waals surface area contributed by atoms with Crippen molar-refractivity contribution in [2.24, 2.45) is 0 Å². The minimum Gasteiger partial charge on any atom is -0.416 e. The summed E-state index contributed by atoms with van der Waals surface area (Å²) < 4.78 is 18.9. The van der Waals surface area contributed by atoms with Crippen LogP contribution in [-0.4, -0.2) is 21.4 Å². The van der Waals surface area contributed by atoms with Crippen LogP contribution in [0.25, 0.3) is 0 Å². The lowest BCUT2D eigenvalue weighted by Crippen LogP contribution is -2.22. The van der Waals surface area contributed by atoms with Crippen LogP contribution in [0.2, 0.25) is 0 Å². The van der Waals surface area contributed by atoms with Crippen molar-refractivity contribution in [1.82, 2.24) is 10.2 Å². The number of hydrogen-bond acceptors (Lipinski definition) is 5. The van der Waals surface area contributed by atoms with E-state index in [0.717, 1.165) is 0 Å². The van der Waals surface area contributed by atoms with Crippen molar-refractivity contribution in [2.75, 3.05) is 5.32 Å². The lowest BCUT2D eigenvalue weighted by Gasteiger charge is -2.10. The Bertz CT molecular complexity index is 901. The van der Waals surface area contributed by atoms with E-state index in [4.69, 9.17) is 4.42 Å². The van der Waals surface area contributed by atoms with Gasteiger partial charge in [0.25, 0.3) is 5.22 Å². The van der Waals surface area contributed by atoms with E-state index in [1.54, 1.807) is 19.1 Å². The Morgan fingerprint density at radius 2 is 1.93 bits per heavy atom. The maximum Gasteiger partial charge on any atom is 0.277 e. The zero-order valence-electron chi connectivity index (χ0n) is 15.1. The summed E-state index contributed by atoms with van der Waals surface area (Å²) in [5, 5.41) is 10.6. The highest BCUT2D eigenvalue weighted by Gasteiger charge is 2.19. The number of nitrogens with one attached hydrogen (secondary N) is 1. The van der Waals surface area contributed by atoms with Crippen LogP contribution in [0.15, 0.2) is 64.2 Å². The third-order valence-electron chi connectivity index (χ3n) is 4.04. The average molecular weight is 385 g/mol. The first kappa shape index (κ1) is 19.1. The fourth-order valence-electron chi connectivity index (χ4n) is 2.54. The Morgan fingerprint density at radius 1 is 1.15 bits per heavy atom. The Balaban J connectivity index is 1.55. The van der Waals surface area contributed by atoms with Crippen LogP contribution in [0, 0.1) is 5.82 Å². The summed E-state index contributed by atoms with van der Waals surface area (Å²) in [5.41, 5.74) is 1.61. The van der Waals surface area contributed by atoms with Gasteiger partial charge in [-0.25, -0.2) is 4.39 Å². The molecular formula is C20H20FN3O2S. The predicted octanol–water partition coefficient (Wildman–Crippen LogP) is 4.67. The molecule has 1 aromatic heterocycles. The Morgan fingerprint density at radius 3 is 2.67 bits per heavy atom. The number of rotatable bonds is 7. The van der Waals surface area contributed by atoms with Crippen LogP contribution in [0.4, 0.5) is 10.1 Å². The fourth-order valence-corrected chi connectivity index (χ4v) is 3.25. The molecule has 27 heavy (non-hydrogen) atoms. The maximum atomic E-state index is 13.2. The number of aromatic nitrogens is 2. The summed E-state index contributed by atoms with van der Waals surface area (Å²) >= 11 is 1.17. The van der Waals surface area contributed by atoms with Crippen LogP contribution in [0.3, 0.4) is 0 Å². The molecule has 3 aromatic rings. The van der Waals surface area contributed by atoms with E-state index in [0.29, 0.717) is 23.2 Å². The summed E-state index contributed by atoms with van der Waals surface area (Å²) in [4.78, 5) is 12.3. The van der Waals surface area contributed by atoms with E-state index in [1.165, 1.54) is 29.5 Å². The minimum atomic E-state index is -0.465. The molecule has 1 N–H and O–H groups in total. The number of amides is 1. The normalized spacial score (nSPS) is 13.1. The SMILES string of the molecule is CC(Sc1nnc(CC(C)c2ccccc2)o1)C(=O)Nc1cccc(F)c1. The summed E-state index contributed by atoms with van der Waals surface area (Å²) in [7, 11) is 0. The molecule has 2 unspecified atom stereocenters. The number of carbonyl (C=O) groups is 1. The lowest BCUT2D eigenvalue weighted by molar-refractivity contribution is -0.115. The van der Waals surface area contributed by atoms with Gasteiger partial charge in [-0.1, -0.05) is 55.1 Å². The van der Waals surface area contributed by atoms with Gasteiger partial charge < -0.3 is 9.73 Å². The molecule has 1 amide bonds. The molecule has 0 aliphatic rings. The molecule has 5 nitrogen and oxygen atoms in total. The monoisotopic (exact) mass is 385 g/mol. The zero-order chi connectivity index (χ0) is 19.2. The molecular weight excluding hydrogens is 365 g/mol. The number of nitrogens with zero attached hydrogens (tertiary/aromatic N) is 2. The highest BCUT2D eigenvalue weighted by molar-refractivity contribution is 8.00. The van der Waals surface area contributed by atoms with Gasteiger partial charge in [0.2, 0.25) is 11.8 Å². The molecule has 0 saturated carbocycles. The number of hydrogen-bond donors (Lipinski definition) is 1. The summed E-state index contributed by atoms with van der Waals surface area (Å²) in [5.74, 6) is 0.120. The molecule has 2 atom stereocenters. The topological polar surface area (TPSA) is 68.0 Å². The second-order valence-corrected chi connectivity index (χ2v) is 7.53. The molecule has 0 aliphatic carbocycles. The Hall–Kier alpha value is -2.67. The number of benzene rings is 2. The molecule has 7 heteroatoms. The van der Waals surface area contributed by atoms with Crippen molar-refractivity contribution < 1.29 is 13.6 Å². The van der Waals surface area contributed by atoms with Gasteiger partial charge in [0, 0.05) is 12.1 Å². The first-order chi connectivity index (χ1) is 13.0. The van der Waals surface area contributed by atoms with Crippen molar-refractivity contribution in [2.45, 2.75) is 36.7 Å². The quantitative estimate of drug-likeness (QED) is 0.599. The van der Waals surface area contributed by atoms with Gasteiger partial charge in [0.15, 0.2) is 0 Å². The van der Waals surface area contributed by atoms with Crippen LogP contribution >= 0.6 is 11.8 Å². The van der Waals surface area contributed by atoms with E-state index in [2.05, 4.69) is 34.6 Å². The number of halogens is 1. The van der Waals surface area contributed by atoms with Crippen LogP contribution in [0.5, 0.6) is 0 Å². The van der Waals surface area contributed by atoms with Gasteiger partial charge in [0.05, 0.1) is 5.25 Å². The van der Waals surface area contributed by atoms with Gasteiger partial charge >= 0.3 is 0 Å². The maximum absolute atomic E-state index is 13.2. The van der Waals surface area contributed by atoms with Gasteiger partial charge in [-0.3, -0.25) is 4.79 Å². The minimum absolute atomic E-state index is 0.248. The molecule has 0 fully saturated rings. The number of carbonyl (C=O) groups excluding carboxylic acids is 1. The zero-order valence-corrected chi connectivity index (χ0v) is 15.9. The van der Waals surface area contributed by atoms with Gasteiger partial charge in [-0.15, -0.1) is 10.2 Å². The van der Waals surface area contributed by atoms with E-state index < -0.39 is 11.1 Å². The summed E-state index contributed by atoms with van der Waals surface area (Å²) in [6.07, 6.45) is 0.626. The second kappa shape index (κ2) is 8.81. The molecule has 0 saturated heterocycles. The van der Waals surface area contributed by atoms with E-state index in [9.17, 15) is 9.18 Å².